The highest BCUT2D eigenvalue weighted by Crippen LogP contribution is 2.32. The Morgan fingerprint density at radius 3 is 2.34 bits per heavy atom. The number of carbonyl (C=O) groups is 3. The molecule has 1 aliphatic carbocycles. The molecule has 1 amide bonds. The number of benzene rings is 1. The van der Waals surface area contributed by atoms with Crippen LogP contribution in [0, 0.1) is 0 Å². The molecule has 0 spiro atoms. The first kappa shape index (κ1) is 27.6. The van der Waals surface area contributed by atoms with Crippen LogP contribution in [0.15, 0.2) is 59.5 Å². The van der Waals surface area contributed by atoms with Crippen LogP contribution in [-0.4, -0.2) is 84.3 Å². The number of piperazine rings is 1. The van der Waals surface area contributed by atoms with Gasteiger partial charge >= 0.3 is 5.97 Å². The van der Waals surface area contributed by atoms with E-state index in [2.05, 4.69) is 40.5 Å². The molecule has 1 saturated heterocycles. The van der Waals surface area contributed by atoms with Crippen LogP contribution in [0.3, 0.4) is 0 Å². The number of nitrogens with zero attached hydrogens (tertiary/aromatic N) is 3. The molecule has 1 aromatic carbocycles. The average molecular weight is 523 g/mol. The number of rotatable bonds is 11. The SMILES string of the molecule is COC(=O)CCC(C(N)=O)N1C=C2C=CC(=O)C(OCc3ccc(CN4CCN(C(C)C)CC4)cc3)=C2C1. The Balaban J connectivity index is 1.36. The van der Waals surface area contributed by atoms with Crippen LogP contribution in [0.1, 0.15) is 37.8 Å². The van der Waals surface area contributed by atoms with Gasteiger partial charge in [-0.15, -0.1) is 0 Å². The number of methoxy groups -OCH3 is 1. The molecule has 0 radical (unpaired) electrons. The summed E-state index contributed by atoms with van der Waals surface area (Å²) >= 11 is 0. The third kappa shape index (κ3) is 6.71. The summed E-state index contributed by atoms with van der Waals surface area (Å²) in [6, 6.07) is 8.23. The topological polar surface area (TPSA) is 105 Å². The fraction of sp³-hybridized carbons (Fsp3) is 0.483. The summed E-state index contributed by atoms with van der Waals surface area (Å²) in [5.74, 6) is -0.867. The van der Waals surface area contributed by atoms with E-state index in [-0.39, 0.29) is 31.0 Å². The van der Waals surface area contributed by atoms with E-state index in [0.717, 1.165) is 49.4 Å². The lowest BCUT2D eigenvalue weighted by atomic mass is 10.00. The van der Waals surface area contributed by atoms with Crippen LogP contribution >= 0.6 is 0 Å². The van der Waals surface area contributed by atoms with E-state index in [1.165, 1.54) is 18.7 Å². The molecule has 1 fully saturated rings. The minimum Gasteiger partial charge on any atom is -0.484 e. The standard InChI is InChI=1S/C29H38N4O5/c1-20(2)32-14-12-31(13-15-32)16-21-4-6-22(7-5-21)19-38-28-24-18-33(17-23(24)8-10-26(28)34)25(29(30)36)9-11-27(35)37-3/h4-8,10,17,20,25H,9,11-16,18-19H2,1-3H3,(H2,30,36). The summed E-state index contributed by atoms with van der Waals surface area (Å²) in [5, 5.41) is 0. The summed E-state index contributed by atoms with van der Waals surface area (Å²) in [6.07, 6.45) is 5.30. The largest absolute Gasteiger partial charge is 0.484 e. The number of ether oxygens (including phenoxy) is 2. The highest BCUT2D eigenvalue weighted by Gasteiger charge is 2.33. The second kappa shape index (κ2) is 12.4. The van der Waals surface area contributed by atoms with Crippen LogP contribution < -0.4 is 5.73 Å². The minimum atomic E-state index is -0.689. The zero-order valence-corrected chi connectivity index (χ0v) is 22.5. The summed E-state index contributed by atoms with van der Waals surface area (Å²) in [5.41, 5.74) is 9.37. The van der Waals surface area contributed by atoms with Crippen LogP contribution in [0.5, 0.6) is 0 Å². The van der Waals surface area contributed by atoms with Gasteiger partial charge in [0.15, 0.2) is 5.76 Å². The summed E-state index contributed by atoms with van der Waals surface area (Å²) in [4.78, 5) is 43.1. The molecular weight excluding hydrogens is 484 g/mol. The molecule has 1 aromatic rings. The van der Waals surface area contributed by atoms with Gasteiger partial charge in [-0.2, -0.15) is 0 Å². The van der Waals surface area contributed by atoms with Crippen LogP contribution in [0.4, 0.5) is 0 Å². The molecule has 9 heteroatoms. The number of primary amides is 1. The van der Waals surface area contributed by atoms with E-state index in [0.29, 0.717) is 12.6 Å². The van der Waals surface area contributed by atoms with Crippen molar-refractivity contribution in [2.75, 3.05) is 39.8 Å². The van der Waals surface area contributed by atoms with Crippen molar-refractivity contribution in [1.82, 2.24) is 14.7 Å². The maximum Gasteiger partial charge on any atom is 0.305 e. The minimum absolute atomic E-state index is 0.0745. The molecule has 0 aromatic heterocycles. The van der Waals surface area contributed by atoms with Gasteiger partial charge in [-0.3, -0.25) is 24.2 Å². The van der Waals surface area contributed by atoms with Gasteiger partial charge in [0.25, 0.3) is 0 Å². The Kier molecular flexibility index (Phi) is 9.01. The van der Waals surface area contributed by atoms with Gasteiger partial charge in [-0.05, 0) is 49.1 Å². The van der Waals surface area contributed by atoms with E-state index < -0.39 is 17.9 Å². The summed E-state index contributed by atoms with van der Waals surface area (Å²) < 4.78 is 10.7. The van der Waals surface area contributed by atoms with Gasteiger partial charge in [0, 0.05) is 63.5 Å². The molecular formula is C29H38N4O5. The first-order valence-electron chi connectivity index (χ1n) is 13.2. The number of fused-ring (bicyclic) bond motifs is 1. The lowest BCUT2D eigenvalue weighted by Crippen LogP contribution is -2.48. The van der Waals surface area contributed by atoms with Gasteiger partial charge < -0.3 is 20.1 Å². The van der Waals surface area contributed by atoms with Gasteiger partial charge in [0.1, 0.15) is 12.6 Å². The van der Waals surface area contributed by atoms with Crippen molar-refractivity contribution in [2.24, 2.45) is 5.73 Å². The van der Waals surface area contributed by atoms with Crippen molar-refractivity contribution in [1.29, 1.82) is 0 Å². The van der Waals surface area contributed by atoms with Crippen LogP contribution in [-0.2, 0) is 37.0 Å². The number of nitrogens with two attached hydrogens (primary N) is 1. The fourth-order valence-corrected chi connectivity index (χ4v) is 5.09. The fourth-order valence-electron chi connectivity index (χ4n) is 5.09. The number of carbonyl (C=O) groups excluding carboxylic acids is 3. The van der Waals surface area contributed by atoms with E-state index >= 15 is 0 Å². The summed E-state index contributed by atoms with van der Waals surface area (Å²) in [7, 11) is 1.31. The number of hydrogen-bond donors (Lipinski definition) is 1. The van der Waals surface area contributed by atoms with Gasteiger partial charge in [0.2, 0.25) is 11.7 Å². The average Bonchev–Trinajstić information content (AvgIpc) is 3.33. The quantitative estimate of drug-likeness (QED) is 0.441. The van der Waals surface area contributed by atoms with Gasteiger partial charge in [-0.25, -0.2) is 0 Å². The van der Waals surface area contributed by atoms with Crippen molar-refractivity contribution in [3.05, 3.63) is 70.6 Å². The molecule has 1 unspecified atom stereocenters. The second-order valence-corrected chi connectivity index (χ2v) is 10.3. The molecule has 4 rings (SSSR count). The number of allylic oxidation sites excluding steroid dienone is 2. The number of esters is 1. The number of hydrogen-bond acceptors (Lipinski definition) is 8. The molecule has 3 aliphatic rings. The smallest absolute Gasteiger partial charge is 0.305 e. The second-order valence-electron chi connectivity index (χ2n) is 10.3. The summed E-state index contributed by atoms with van der Waals surface area (Å²) in [6.45, 7) is 10.3. The van der Waals surface area contributed by atoms with E-state index in [1.807, 2.05) is 12.1 Å². The van der Waals surface area contributed by atoms with Gasteiger partial charge in [-0.1, -0.05) is 24.3 Å². The molecule has 2 N–H and O–H groups in total. The lowest BCUT2D eigenvalue weighted by molar-refractivity contribution is -0.141. The molecule has 204 valence electrons. The Hall–Kier alpha value is -3.43. The Labute approximate surface area is 224 Å². The zero-order valence-electron chi connectivity index (χ0n) is 22.5. The molecule has 9 nitrogen and oxygen atoms in total. The maximum absolute atomic E-state index is 12.7. The normalized spacial score (nSPS) is 19.0. The highest BCUT2D eigenvalue weighted by molar-refractivity contribution is 6.05. The maximum atomic E-state index is 12.7. The first-order chi connectivity index (χ1) is 18.2. The highest BCUT2D eigenvalue weighted by atomic mass is 16.5. The molecule has 0 bridgehead atoms. The van der Waals surface area contributed by atoms with E-state index in [4.69, 9.17) is 10.5 Å². The van der Waals surface area contributed by atoms with Gasteiger partial charge in [0.05, 0.1) is 7.11 Å². The molecule has 2 heterocycles. The Bertz CT molecular complexity index is 1130. The zero-order chi connectivity index (χ0) is 27.2. The van der Waals surface area contributed by atoms with Crippen molar-refractivity contribution in [3.8, 4) is 0 Å². The van der Waals surface area contributed by atoms with Crippen molar-refractivity contribution in [3.63, 3.8) is 0 Å². The van der Waals surface area contributed by atoms with E-state index in [9.17, 15) is 14.4 Å². The molecule has 1 atom stereocenters. The number of ketones is 1. The third-order valence-corrected chi connectivity index (χ3v) is 7.43. The Morgan fingerprint density at radius 2 is 1.71 bits per heavy atom. The van der Waals surface area contributed by atoms with Crippen molar-refractivity contribution in [2.45, 2.75) is 51.9 Å². The monoisotopic (exact) mass is 522 g/mol. The first-order valence-corrected chi connectivity index (χ1v) is 13.2. The van der Waals surface area contributed by atoms with Crippen LogP contribution in [0.25, 0.3) is 0 Å². The molecule has 0 saturated carbocycles. The Morgan fingerprint density at radius 1 is 1.03 bits per heavy atom. The van der Waals surface area contributed by atoms with Crippen molar-refractivity contribution >= 4 is 17.7 Å². The van der Waals surface area contributed by atoms with E-state index in [1.54, 1.807) is 17.2 Å². The molecule has 2 aliphatic heterocycles. The third-order valence-electron chi connectivity index (χ3n) is 7.43. The molecule has 38 heavy (non-hydrogen) atoms. The predicted octanol–water partition coefficient (Wildman–Crippen LogP) is 2.13. The van der Waals surface area contributed by atoms with Crippen LogP contribution in [0.2, 0.25) is 0 Å². The lowest BCUT2D eigenvalue weighted by Gasteiger charge is -2.36. The number of amides is 1. The van der Waals surface area contributed by atoms with Crippen molar-refractivity contribution < 1.29 is 23.9 Å². The predicted molar refractivity (Wildman–Crippen MR) is 143 cm³/mol.